The van der Waals surface area contributed by atoms with E-state index in [4.69, 9.17) is 4.74 Å². The van der Waals surface area contributed by atoms with Crippen LogP contribution in [0.5, 0.6) is 5.75 Å². The van der Waals surface area contributed by atoms with Crippen molar-refractivity contribution in [3.05, 3.63) is 54.1 Å². The molecule has 2 aromatic rings. The van der Waals surface area contributed by atoms with E-state index in [0.717, 1.165) is 18.5 Å². The molecule has 136 valence electrons. The van der Waals surface area contributed by atoms with Gasteiger partial charge in [0.15, 0.2) is 6.61 Å². The summed E-state index contributed by atoms with van der Waals surface area (Å²) in [7, 11) is 3.77. The number of carbonyl (C=O) groups excluding carboxylic acids is 2. The first-order chi connectivity index (χ1) is 12.5. The average Bonchev–Trinajstić information content (AvgIpc) is 3.44. The maximum Gasteiger partial charge on any atom is 0.262 e. The van der Waals surface area contributed by atoms with Crippen molar-refractivity contribution in [2.45, 2.75) is 18.9 Å². The minimum atomic E-state index is -0.278. The monoisotopic (exact) mass is 353 g/mol. The minimum Gasteiger partial charge on any atom is -0.484 e. The van der Waals surface area contributed by atoms with E-state index in [1.807, 2.05) is 43.3 Å². The molecule has 0 bridgehead atoms. The fourth-order valence-corrected chi connectivity index (χ4v) is 2.54. The molecule has 6 nitrogen and oxygen atoms in total. The van der Waals surface area contributed by atoms with Gasteiger partial charge in [0.2, 0.25) is 0 Å². The maximum atomic E-state index is 12.5. The summed E-state index contributed by atoms with van der Waals surface area (Å²) in [6.07, 6.45) is 2.05. The third-order valence-electron chi connectivity index (χ3n) is 4.03. The van der Waals surface area contributed by atoms with Crippen LogP contribution in [0, 0.1) is 0 Å². The number of benzene rings is 2. The van der Waals surface area contributed by atoms with Crippen LogP contribution in [-0.2, 0) is 4.79 Å². The van der Waals surface area contributed by atoms with Gasteiger partial charge in [0.05, 0.1) is 5.56 Å². The Kier molecular flexibility index (Phi) is 5.41. The number of nitrogens with one attached hydrogen (secondary N) is 2. The molecule has 2 amide bonds. The molecule has 26 heavy (non-hydrogen) atoms. The van der Waals surface area contributed by atoms with Crippen LogP contribution in [0.2, 0.25) is 0 Å². The molecule has 2 aromatic carbocycles. The van der Waals surface area contributed by atoms with E-state index in [9.17, 15) is 9.59 Å². The first kappa shape index (κ1) is 17.8. The number of amides is 2. The number of hydrogen-bond donors (Lipinski definition) is 2. The highest BCUT2D eigenvalue weighted by molar-refractivity contribution is 6.02. The lowest BCUT2D eigenvalue weighted by Gasteiger charge is -2.18. The number of para-hydroxylation sites is 1. The number of nitrogens with zero attached hydrogens (tertiary/aromatic N) is 1. The van der Waals surface area contributed by atoms with Gasteiger partial charge in [-0.15, -0.1) is 0 Å². The smallest absolute Gasteiger partial charge is 0.262 e. The van der Waals surface area contributed by atoms with Crippen LogP contribution in [0.15, 0.2) is 48.5 Å². The van der Waals surface area contributed by atoms with Crippen molar-refractivity contribution in [1.29, 1.82) is 0 Å². The van der Waals surface area contributed by atoms with E-state index in [-0.39, 0.29) is 24.5 Å². The molecule has 0 unspecified atom stereocenters. The summed E-state index contributed by atoms with van der Waals surface area (Å²) in [4.78, 5) is 26.5. The van der Waals surface area contributed by atoms with Gasteiger partial charge in [-0.1, -0.05) is 18.2 Å². The molecule has 0 aromatic heterocycles. The predicted molar refractivity (Wildman–Crippen MR) is 102 cm³/mol. The second kappa shape index (κ2) is 7.91. The summed E-state index contributed by atoms with van der Waals surface area (Å²) in [5.74, 6) is 0.239. The van der Waals surface area contributed by atoms with Crippen molar-refractivity contribution in [2.24, 2.45) is 0 Å². The van der Waals surface area contributed by atoms with Crippen molar-refractivity contribution in [3.63, 3.8) is 0 Å². The highest BCUT2D eigenvalue weighted by atomic mass is 16.5. The van der Waals surface area contributed by atoms with E-state index in [2.05, 4.69) is 10.6 Å². The molecule has 6 heteroatoms. The summed E-state index contributed by atoms with van der Waals surface area (Å²) < 4.78 is 5.44. The molecule has 3 rings (SSSR count). The molecule has 1 fully saturated rings. The molecule has 0 atom stereocenters. The van der Waals surface area contributed by atoms with Gasteiger partial charge >= 0.3 is 0 Å². The lowest BCUT2D eigenvalue weighted by molar-refractivity contribution is -0.118. The van der Waals surface area contributed by atoms with Crippen LogP contribution in [0.3, 0.4) is 0 Å². The summed E-state index contributed by atoms with van der Waals surface area (Å²) >= 11 is 0. The number of hydrogen-bond acceptors (Lipinski definition) is 4. The van der Waals surface area contributed by atoms with Crippen LogP contribution in [0.4, 0.5) is 11.4 Å². The summed E-state index contributed by atoms with van der Waals surface area (Å²) in [6, 6.07) is 14.7. The number of carbonyl (C=O) groups is 2. The Bertz CT molecular complexity index is 786. The van der Waals surface area contributed by atoms with Gasteiger partial charge in [-0.05, 0) is 43.2 Å². The van der Waals surface area contributed by atoms with Crippen LogP contribution in [0.25, 0.3) is 0 Å². The highest BCUT2D eigenvalue weighted by Gasteiger charge is 2.25. The molecular formula is C20H23N3O3. The number of ether oxygens (including phenoxy) is 1. The number of rotatable bonds is 7. The zero-order valence-electron chi connectivity index (χ0n) is 15.0. The van der Waals surface area contributed by atoms with E-state index in [1.165, 1.54) is 0 Å². The van der Waals surface area contributed by atoms with Gasteiger partial charge in [-0.25, -0.2) is 0 Å². The lowest BCUT2D eigenvalue weighted by Crippen LogP contribution is -2.28. The first-order valence-electron chi connectivity index (χ1n) is 8.63. The van der Waals surface area contributed by atoms with E-state index in [0.29, 0.717) is 17.0 Å². The molecule has 0 spiro atoms. The van der Waals surface area contributed by atoms with Gasteiger partial charge < -0.3 is 20.3 Å². The summed E-state index contributed by atoms with van der Waals surface area (Å²) in [5, 5.41) is 5.77. The van der Waals surface area contributed by atoms with Crippen molar-refractivity contribution in [1.82, 2.24) is 5.32 Å². The largest absolute Gasteiger partial charge is 0.484 e. The Balaban J connectivity index is 1.66. The summed E-state index contributed by atoms with van der Waals surface area (Å²) in [5.41, 5.74) is 1.92. The van der Waals surface area contributed by atoms with Crippen LogP contribution < -0.4 is 20.3 Å². The van der Waals surface area contributed by atoms with Gasteiger partial charge in [-0.3, -0.25) is 9.59 Å². The second-order valence-corrected chi connectivity index (χ2v) is 6.52. The molecule has 0 heterocycles. The molecule has 0 aliphatic heterocycles. The minimum absolute atomic E-state index is 0.0942. The van der Waals surface area contributed by atoms with Crippen molar-refractivity contribution >= 4 is 23.2 Å². The normalized spacial score (nSPS) is 13.0. The van der Waals surface area contributed by atoms with Gasteiger partial charge in [-0.2, -0.15) is 0 Å². The van der Waals surface area contributed by atoms with Gasteiger partial charge in [0.25, 0.3) is 11.8 Å². The van der Waals surface area contributed by atoms with Crippen molar-refractivity contribution in [3.8, 4) is 5.75 Å². The first-order valence-corrected chi connectivity index (χ1v) is 8.63. The predicted octanol–water partition coefficient (Wildman–Crippen LogP) is 2.66. The zero-order chi connectivity index (χ0) is 18.5. The topological polar surface area (TPSA) is 70.7 Å². The van der Waals surface area contributed by atoms with E-state index >= 15 is 0 Å². The van der Waals surface area contributed by atoms with Crippen LogP contribution >= 0.6 is 0 Å². The van der Waals surface area contributed by atoms with Crippen molar-refractivity contribution < 1.29 is 14.3 Å². The Morgan fingerprint density at radius 3 is 2.50 bits per heavy atom. The third kappa shape index (κ3) is 4.75. The van der Waals surface area contributed by atoms with E-state index < -0.39 is 0 Å². The van der Waals surface area contributed by atoms with Crippen LogP contribution in [-0.4, -0.2) is 38.6 Å². The van der Waals surface area contributed by atoms with E-state index in [1.54, 1.807) is 24.3 Å². The Hall–Kier alpha value is -3.02. The van der Waals surface area contributed by atoms with Gasteiger partial charge in [0.1, 0.15) is 5.75 Å². The quantitative estimate of drug-likeness (QED) is 0.803. The second-order valence-electron chi connectivity index (χ2n) is 6.52. The Labute approximate surface area is 153 Å². The highest BCUT2D eigenvalue weighted by Crippen LogP contribution is 2.25. The third-order valence-corrected chi connectivity index (χ3v) is 4.03. The number of anilines is 2. The zero-order valence-corrected chi connectivity index (χ0v) is 15.0. The maximum absolute atomic E-state index is 12.5. The standard InChI is InChI=1S/C20H23N3O3/c1-23(2)18-11-10-15(12-17(18)20(25)22-14-8-9-14)21-19(24)13-26-16-6-4-3-5-7-16/h3-7,10-12,14H,8-9,13H2,1-2H3,(H,21,24)(H,22,25). The molecular weight excluding hydrogens is 330 g/mol. The lowest BCUT2D eigenvalue weighted by atomic mass is 10.1. The van der Waals surface area contributed by atoms with Crippen molar-refractivity contribution in [2.75, 3.05) is 30.9 Å². The average molecular weight is 353 g/mol. The molecule has 0 saturated heterocycles. The van der Waals surface area contributed by atoms with Crippen LogP contribution in [0.1, 0.15) is 23.2 Å². The fraction of sp³-hybridized carbons (Fsp3) is 0.300. The molecule has 2 N–H and O–H groups in total. The fourth-order valence-electron chi connectivity index (χ4n) is 2.54. The molecule has 1 saturated carbocycles. The Morgan fingerprint density at radius 2 is 1.85 bits per heavy atom. The molecule has 1 aliphatic rings. The Morgan fingerprint density at radius 1 is 1.12 bits per heavy atom. The molecule has 0 radical (unpaired) electrons. The summed E-state index contributed by atoms with van der Waals surface area (Å²) in [6.45, 7) is -0.0942. The van der Waals surface area contributed by atoms with Gasteiger partial charge in [0, 0.05) is 31.5 Å². The molecule has 1 aliphatic carbocycles. The SMILES string of the molecule is CN(C)c1ccc(NC(=O)COc2ccccc2)cc1C(=O)NC1CC1.